The molecule has 0 spiro atoms. The Labute approximate surface area is 108 Å². The fourth-order valence-corrected chi connectivity index (χ4v) is 1.46. The van der Waals surface area contributed by atoms with E-state index in [1.54, 1.807) is 31.5 Å². The van der Waals surface area contributed by atoms with Gasteiger partial charge in [0.15, 0.2) is 0 Å². The van der Waals surface area contributed by atoms with E-state index in [0.29, 0.717) is 11.4 Å². The number of hydrogen-bond donors (Lipinski definition) is 0. The summed E-state index contributed by atoms with van der Waals surface area (Å²) in [7, 11) is 1.71. The van der Waals surface area contributed by atoms with Gasteiger partial charge in [0.1, 0.15) is 5.82 Å². The number of pyridine rings is 1. The number of allylic oxidation sites excluding steroid dienone is 3. The molecule has 3 nitrogen and oxygen atoms in total. The molecule has 1 aromatic heterocycles. The van der Waals surface area contributed by atoms with Crippen molar-refractivity contribution in [3.63, 3.8) is 0 Å². The third kappa shape index (κ3) is 3.42. The van der Waals surface area contributed by atoms with Crippen LogP contribution in [0.2, 0.25) is 0 Å². The van der Waals surface area contributed by atoms with Crippen molar-refractivity contribution < 1.29 is 4.79 Å². The van der Waals surface area contributed by atoms with Crippen molar-refractivity contribution in [1.82, 2.24) is 4.98 Å². The van der Waals surface area contributed by atoms with Gasteiger partial charge in [-0.2, -0.15) is 0 Å². The van der Waals surface area contributed by atoms with E-state index in [2.05, 4.69) is 11.6 Å². The molecule has 94 valence electrons. The molecule has 0 aliphatic heterocycles. The molecule has 1 heterocycles. The van der Waals surface area contributed by atoms with Gasteiger partial charge in [-0.15, -0.1) is 0 Å². The van der Waals surface area contributed by atoms with E-state index in [1.165, 1.54) is 4.90 Å². The van der Waals surface area contributed by atoms with Crippen molar-refractivity contribution >= 4 is 11.7 Å². The van der Waals surface area contributed by atoms with E-state index in [-0.39, 0.29) is 5.91 Å². The number of likely N-dealkylation sites (N-methyl/N-ethyl adjacent to an activating group) is 1. The molecule has 0 bridgehead atoms. The van der Waals surface area contributed by atoms with Crippen LogP contribution in [-0.2, 0) is 4.79 Å². The predicted molar refractivity (Wildman–Crippen MR) is 75.5 cm³/mol. The van der Waals surface area contributed by atoms with Crippen molar-refractivity contribution in [2.24, 2.45) is 0 Å². The number of amides is 1. The first kappa shape index (κ1) is 13.9. The topological polar surface area (TPSA) is 33.2 Å². The molecule has 0 saturated heterocycles. The van der Waals surface area contributed by atoms with Gasteiger partial charge in [0.25, 0.3) is 5.91 Å². The number of rotatable bonds is 4. The SMILES string of the molecule is C=C/C=C(\C=C/C)C(=O)N(C)c1ccc(C)cn1. The summed E-state index contributed by atoms with van der Waals surface area (Å²) >= 11 is 0. The van der Waals surface area contributed by atoms with Crippen LogP contribution < -0.4 is 4.90 Å². The zero-order valence-electron chi connectivity index (χ0n) is 11.1. The molecular formula is C15H18N2O. The third-order valence-electron chi connectivity index (χ3n) is 2.43. The second-order valence-corrected chi connectivity index (χ2v) is 3.92. The minimum Gasteiger partial charge on any atom is -0.296 e. The van der Waals surface area contributed by atoms with Crippen LogP contribution in [0.4, 0.5) is 5.82 Å². The molecule has 0 unspecified atom stereocenters. The maximum atomic E-state index is 12.2. The molecule has 0 N–H and O–H groups in total. The van der Waals surface area contributed by atoms with Gasteiger partial charge < -0.3 is 0 Å². The molecule has 0 aromatic carbocycles. The van der Waals surface area contributed by atoms with Gasteiger partial charge in [-0.05, 0) is 25.5 Å². The van der Waals surface area contributed by atoms with Crippen LogP contribution in [0, 0.1) is 6.92 Å². The summed E-state index contributed by atoms with van der Waals surface area (Å²) in [5, 5.41) is 0. The van der Waals surface area contributed by atoms with Crippen molar-refractivity contribution in [1.29, 1.82) is 0 Å². The number of carbonyl (C=O) groups excluding carboxylic acids is 1. The first-order valence-electron chi connectivity index (χ1n) is 5.76. The van der Waals surface area contributed by atoms with Crippen LogP contribution >= 0.6 is 0 Å². The van der Waals surface area contributed by atoms with Gasteiger partial charge in [0.2, 0.25) is 0 Å². The zero-order chi connectivity index (χ0) is 13.5. The Morgan fingerprint density at radius 1 is 1.44 bits per heavy atom. The molecule has 1 rings (SSSR count). The molecule has 0 atom stereocenters. The van der Waals surface area contributed by atoms with Gasteiger partial charge in [-0.3, -0.25) is 9.69 Å². The second kappa shape index (κ2) is 6.55. The molecule has 0 saturated carbocycles. The van der Waals surface area contributed by atoms with E-state index in [4.69, 9.17) is 0 Å². The van der Waals surface area contributed by atoms with Crippen LogP contribution in [0.15, 0.2) is 54.8 Å². The zero-order valence-corrected chi connectivity index (χ0v) is 11.1. The normalized spacial score (nSPS) is 11.6. The summed E-state index contributed by atoms with van der Waals surface area (Å²) in [6.45, 7) is 7.44. The molecule has 0 aliphatic carbocycles. The van der Waals surface area contributed by atoms with Gasteiger partial charge in [0.05, 0.1) is 0 Å². The number of nitrogens with zero attached hydrogens (tertiary/aromatic N) is 2. The van der Waals surface area contributed by atoms with E-state index in [0.717, 1.165) is 5.56 Å². The van der Waals surface area contributed by atoms with Crippen LogP contribution in [0.5, 0.6) is 0 Å². The van der Waals surface area contributed by atoms with E-state index in [9.17, 15) is 4.79 Å². The highest BCUT2D eigenvalue weighted by molar-refractivity contribution is 6.06. The van der Waals surface area contributed by atoms with E-state index < -0.39 is 0 Å². The first-order valence-corrected chi connectivity index (χ1v) is 5.76. The van der Waals surface area contributed by atoms with E-state index >= 15 is 0 Å². The maximum Gasteiger partial charge on any atom is 0.259 e. The highest BCUT2D eigenvalue weighted by Gasteiger charge is 2.14. The summed E-state index contributed by atoms with van der Waals surface area (Å²) in [6.07, 6.45) is 8.61. The smallest absolute Gasteiger partial charge is 0.259 e. The lowest BCUT2D eigenvalue weighted by Gasteiger charge is -2.16. The molecule has 18 heavy (non-hydrogen) atoms. The lowest BCUT2D eigenvalue weighted by molar-refractivity contribution is -0.114. The minimum absolute atomic E-state index is 0.107. The Balaban J connectivity index is 2.98. The summed E-state index contributed by atoms with van der Waals surface area (Å²) in [6, 6.07) is 3.76. The van der Waals surface area contributed by atoms with Gasteiger partial charge in [0, 0.05) is 18.8 Å². The molecule has 0 radical (unpaired) electrons. The minimum atomic E-state index is -0.107. The first-order chi connectivity index (χ1) is 8.60. The quantitative estimate of drug-likeness (QED) is 0.600. The average molecular weight is 242 g/mol. The van der Waals surface area contributed by atoms with Crippen LogP contribution in [0.1, 0.15) is 12.5 Å². The van der Waals surface area contributed by atoms with Crippen LogP contribution in [-0.4, -0.2) is 17.9 Å². The highest BCUT2D eigenvalue weighted by atomic mass is 16.2. The monoisotopic (exact) mass is 242 g/mol. The predicted octanol–water partition coefficient (Wildman–Crippen LogP) is 3.04. The standard InChI is InChI=1S/C15H18N2O/c1-5-7-13(8-6-2)15(18)17(4)14-10-9-12(3)11-16-14/h5-11H,1H2,2-4H3/b8-6-,13-7+. The van der Waals surface area contributed by atoms with Crippen molar-refractivity contribution in [2.75, 3.05) is 11.9 Å². The number of aryl methyl sites for hydroxylation is 1. The van der Waals surface area contributed by atoms with Gasteiger partial charge in [-0.25, -0.2) is 4.98 Å². The maximum absolute atomic E-state index is 12.2. The second-order valence-electron chi connectivity index (χ2n) is 3.92. The van der Waals surface area contributed by atoms with Gasteiger partial charge >= 0.3 is 0 Å². The molecule has 1 aromatic rings. The van der Waals surface area contributed by atoms with Crippen LogP contribution in [0.3, 0.4) is 0 Å². The van der Waals surface area contributed by atoms with Crippen molar-refractivity contribution in [3.8, 4) is 0 Å². The van der Waals surface area contributed by atoms with E-state index in [1.807, 2.05) is 32.1 Å². The lowest BCUT2D eigenvalue weighted by Crippen LogP contribution is -2.28. The summed E-state index contributed by atoms with van der Waals surface area (Å²) in [5.41, 5.74) is 1.65. The molecule has 3 heteroatoms. The average Bonchev–Trinajstić information content (AvgIpc) is 2.38. The summed E-state index contributed by atoms with van der Waals surface area (Å²) in [4.78, 5) is 18.0. The fraction of sp³-hybridized carbons (Fsp3) is 0.200. The molecular weight excluding hydrogens is 224 g/mol. The van der Waals surface area contributed by atoms with Crippen LogP contribution in [0.25, 0.3) is 0 Å². The third-order valence-corrected chi connectivity index (χ3v) is 2.43. The van der Waals surface area contributed by atoms with Crippen molar-refractivity contribution in [3.05, 3.63) is 60.3 Å². The Morgan fingerprint density at radius 2 is 2.17 bits per heavy atom. The highest BCUT2D eigenvalue weighted by Crippen LogP contribution is 2.13. The number of anilines is 1. The number of hydrogen-bond acceptors (Lipinski definition) is 2. The summed E-state index contributed by atoms with van der Waals surface area (Å²) in [5.74, 6) is 0.523. The molecule has 0 aliphatic rings. The fourth-order valence-electron chi connectivity index (χ4n) is 1.46. The number of carbonyl (C=O) groups is 1. The largest absolute Gasteiger partial charge is 0.296 e. The van der Waals surface area contributed by atoms with Gasteiger partial charge in [-0.1, -0.05) is 36.9 Å². The van der Waals surface area contributed by atoms with Crippen molar-refractivity contribution in [2.45, 2.75) is 13.8 Å². The molecule has 1 amide bonds. The molecule has 0 fully saturated rings. The Kier molecular flexibility index (Phi) is 5.06. The Morgan fingerprint density at radius 3 is 2.67 bits per heavy atom. The lowest BCUT2D eigenvalue weighted by atomic mass is 10.2. The number of aromatic nitrogens is 1. The Bertz CT molecular complexity index is 484. The summed E-state index contributed by atoms with van der Waals surface area (Å²) < 4.78 is 0. The Hall–Kier alpha value is -2.16.